The van der Waals surface area contributed by atoms with Crippen molar-refractivity contribution in [2.24, 2.45) is 0 Å². The van der Waals surface area contributed by atoms with E-state index in [-0.39, 0.29) is 6.61 Å². The summed E-state index contributed by atoms with van der Waals surface area (Å²) in [5.41, 5.74) is 0. The Balaban J connectivity index is 2.40. The van der Waals surface area contributed by atoms with Crippen molar-refractivity contribution in [2.45, 2.75) is 19.0 Å². The van der Waals surface area contributed by atoms with Crippen LogP contribution in [0.25, 0.3) is 0 Å². The Morgan fingerprint density at radius 3 is 2.92 bits per heavy atom. The van der Waals surface area contributed by atoms with Crippen molar-refractivity contribution < 1.29 is 29.1 Å². The van der Waals surface area contributed by atoms with Gasteiger partial charge in [-0.25, -0.2) is 4.79 Å². The van der Waals surface area contributed by atoms with Crippen LogP contribution in [0.15, 0.2) is 12.7 Å². The fourth-order valence-electron chi connectivity index (χ4n) is 0.796. The van der Waals surface area contributed by atoms with Gasteiger partial charge in [0.2, 0.25) is 0 Å². The third-order valence-corrected chi connectivity index (χ3v) is 1.38. The molecule has 1 N–H and O–H groups in total. The zero-order chi connectivity index (χ0) is 9.90. The van der Waals surface area contributed by atoms with E-state index in [4.69, 9.17) is 9.84 Å². The van der Waals surface area contributed by atoms with E-state index in [9.17, 15) is 4.79 Å². The van der Waals surface area contributed by atoms with Crippen LogP contribution in [0, 0.1) is 0 Å². The van der Waals surface area contributed by atoms with Gasteiger partial charge in [0.25, 0.3) is 12.1 Å². The standard InChI is InChI=1S/C7H10O6/c1-3-4-10-5-7(2,13-12-5)11-6(8)9/h3,5H,1,4H2,2H3,(H,8,9). The molecular weight excluding hydrogens is 180 g/mol. The second-order valence-corrected chi connectivity index (χ2v) is 2.52. The van der Waals surface area contributed by atoms with E-state index in [0.717, 1.165) is 0 Å². The molecule has 1 fully saturated rings. The fraction of sp³-hybridized carbons (Fsp3) is 0.571. The van der Waals surface area contributed by atoms with Crippen LogP contribution < -0.4 is 0 Å². The predicted octanol–water partition coefficient (Wildman–Crippen LogP) is 0.888. The summed E-state index contributed by atoms with van der Waals surface area (Å²) in [6, 6.07) is 0. The van der Waals surface area contributed by atoms with Crippen molar-refractivity contribution in [3.05, 3.63) is 12.7 Å². The quantitative estimate of drug-likeness (QED) is 0.403. The lowest BCUT2D eigenvalue weighted by Gasteiger charge is -2.40. The minimum atomic E-state index is -1.45. The molecule has 0 amide bonds. The van der Waals surface area contributed by atoms with Gasteiger partial charge in [-0.15, -0.1) is 6.58 Å². The second-order valence-electron chi connectivity index (χ2n) is 2.52. The highest BCUT2D eigenvalue weighted by Crippen LogP contribution is 2.31. The highest BCUT2D eigenvalue weighted by molar-refractivity contribution is 5.57. The van der Waals surface area contributed by atoms with Gasteiger partial charge in [-0.1, -0.05) is 6.08 Å². The van der Waals surface area contributed by atoms with Gasteiger partial charge in [-0.05, 0) is 0 Å². The lowest BCUT2D eigenvalue weighted by molar-refractivity contribution is -0.600. The molecule has 1 rings (SSSR count). The number of carboxylic acid groups (broad SMARTS) is 1. The molecule has 13 heavy (non-hydrogen) atoms. The maximum absolute atomic E-state index is 10.2. The number of ether oxygens (including phenoxy) is 2. The molecule has 2 atom stereocenters. The minimum Gasteiger partial charge on any atom is -0.450 e. The molecule has 0 aromatic heterocycles. The molecule has 0 radical (unpaired) electrons. The summed E-state index contributed by atoms with van der Waals surface area (Å²) in [5, 5.41) is 8.32. The van der Waals surface area contributed by atoms with Crippen molar-refractivity contribution in [3.8, 4) is 0 Å². The van der Waals surface area contributed by atoms with E-state index in [1.807, 2.05) is 0 Å². The topological polar surface area (TPSA) is 74.2 Å². The lowest BCUT2D eigenvalue weighted by Crippen LogP contribution is -2.58. The summed E-state index contributed by atoms with van der Waals surface area (Å²) >= 11 is 0. The highest BCUT2D eigenvalue weighted by atomic mass is 17.3. The molecule has 6 heteroatoms. The summed E-state index contributed by atoms with van der Waals surface area (Å²) in [6.45, 7) is 5.05. The predicted molar refractivity (Wildman–Crippen MR) is 39.6 cm³/mol. The van der Waals surface area contributed by atoms with Crippen LogP contribution in [0.3, 0.4) is 0 Å². The van der Waals surface area contributed by atoms with Gasteiger partial charge < -0.3 is 14.6 Å². The van der Waals surface area contributed by atoms with Gasteiger partial charge in [0.15, 0.2) is 0 Å². The third kappa shape index (κ3) is 2.18. The molecule has 0 aromatic rings. The molecule has 2 unspecified atom stereocenters. The van der Waals surface area contributed by atoms with Crippen molar-refractivity contribution >= 4 is 6.16 Å². The maximum Gasteiger partial charge on any atom is 0.508 e. The average molecular weight is 190 g/mol. The summed E-state index contributed by atoms with van der Waals surface area (Å²) < 4.78 is 9.38. The Hall–Kier alpha value is -1.11. The third-order valence-electron chi connectivity index (χ3n) is 1.38. The second kappa shape index (κ2) is 3.73. The summed E-state index contributed by atoms with van der Waals surface area (Å²) in [7, 11) is 0. The van der Waals surface area contributed by atoms with E-state index < -0.39 is 18.2 Å². The monoisotopic (exact) mass is 190 g/mol. The van der Waals surface area contributed by atoms with Crippen LogP contribution in [-0.4, -0.2) is 29.9 Å². The van der Waals surface area contributed by atoms with Crippen molar-refractivity contribution in [3.63, 3.8) is 0 Å². The van der Waals surface area contributed by atoms with Gasteiger partial charge in [0.05, 0.1) is 6.61 Å². The molecule has 6 nitrogen and oxygen atoms in total. The summed E-state index contributed by atoms with van der Waals surface area (Å²) in [5.74, 6) is -1.38. The van der Waals surface area contributed by atoms with E-state index in [1.54, 1.807) is 0 Å². The first-order valence-electron chi connectivity index (χ1n) is 3.57. The van der Waals surface area contributed by atoms with Gasteiger partial charge >= 0.3 is 6.16 Å². The van der Waals surface area contributed by atoms with E-state index in [2.05, 4.69) is 21.1 Å². The summed E-state index contributed by atoms with van der Waals surface area (Å²) in [4.78, 5) is 19.2. The Bertz CT molecular complexity index is 215. The molecule has 0 spiro atoms. The number of hydrogen-bond acceptors (Lipinski definition) is 5. The molecule has 1 heterocycles. The van der Waals surface area contributed by atoms with Crippen molar-refractivity contribution in [1.29, 1.82) is 0 Å². The Morgan fingerprint density at radius 1 is 1.85 bits per heavy atom. The molecule has 0 bridgehead atoms. The molecule has 74 valence electrons. The first-order chi connectivity index (χ1) is 6.08. The zero-order valence-electron chi connectivity index (χ0n) is 7.06. The normalized spacial score (nSPS) is 31.9. The number of hydrogen-bond donors (Lipinski definition) is 1. The van der Waals surface area contributed by atoms with E-state index >= 15 is 0 Å². The minimum absolute atomic E-state index is 0.229. The van der Waals surface area contributed by atoms with Crippen LogP contribution >= 0.6 is 0 Å². The van der Waals surface area contributed by atoms with Crippen LogP contribution in [0.4, 0.5) is 4.79 Å². The van der Waals surface area contributed by atoms with Crippen molar-refractivity contribution in [2.75, 3.05) is 6.61 Å². The fourth-order valence-corrected chi connectivity index (χ4v) is 0.796. The Kier molecular flexibility index (Phi) is 2.86. The van der Waals surface area contributed by atoms with Crippen LogP contribution in [0.1, 0.15) is 6.92 Å². The molecule has 1 aliphatic heterocycles. The van der Waals surface area contributed by atoms with Crippen molar-refractivity contribution in [1.82, 2.24) is 0 Å². The van der Waals surface area contributed by atoms with Gasteiger partial charge in [0.1, 0.15) is 0 Å². The Morgan fingerprint density at radius 2 is 2.54 bits per heavy atom. The van der Waals surface area contributed by atoms with Crippen LogP contribution in [0.5, 0.6) is 0 Å². The van der Waals surface area contributed by atoms with E-state index in [1.165, 1.54) is 13.0 Å². The Labute approximate surface area is 74.6 Å². The van der Waals surface area contributed by atoms with Gasteiger partial charge in [-0.2, -0.15) is 9.78 Å². The first kappa shape index (κ1) is 9.97. The first-order valence-corrected chi connectivity index (χ1v) is 3.57. The number of carbonyl (C=O) groups is 1. The van der Waals surface area contributed by atoms with Gasteiger partial charge in [-0.3, -0.25) is 0 Å². The zero-order valence-corrected chi connectivity index (χ0v) is 7.06. The van der Waals surface area contributed by atoms with Gasteiger partial charge in [0, 0.05) is 6.92 Å². The molecule has 0 aliphatic carbocycles. The molecular formula is C7H10O6. The van der Waals surface area contributed by atoms with E-state index in [0.29, 0.717) is 0 Å². The maximum atomic E-state index is 10.2. The molecule has 1 aliphatic rings. The SMILES string of the molecule is C=CCOC1OOC1(C)OC(=O)O. The average Bonchev–Trinajstić information content (AvgIpc) is 2.02. The summed E-state index contributed by atoms with van der Waals surface area (Å²) in [6.07, 6.45) is -0.789. The smallest absolute Gasteiger partial charge is 0.450 e. The molecule has 0 saturated carbocycles. The largest absolute Gasteiger partial charge is 0.508 e. The van der Waals surface area contributed by atoms with Crippen LogP contribution in [0.2, 0.25) is 0 Å². The molecule has 0 aromatic carbocycles. The highest BCUT2D eigenvalue weighted by Gasteiger charge is 2.53. The number of rotatable bonds is 4. The lowest BCUT2D eigenvalue weighted by atomic mass is 10.3. The molecule has 1 saturated heterocycles. The van der Waals surface area contributed by atoms with Crippen LogP contribution in [-0.2, 0) is 19.2 Å².